The van der Waals surface area contributed by atoms with Gasteiger partial charge in [0.1, 0.15) is 5.57 Å². The minimum absolute atomic E-state index is 0.0192. The van der Waals surface area contributed by atoms with Gasteiger partial charge in [-0.25, -0.2) is 5.01 Å². The van der Waals surface area contributed by atoms with Crippen LogP contribution in [-0.2, 0) is 9.59 Å². The second-order valence-electron chi connectivity index (χ2n) is 6.06. The molecular weight excluding hydrogens is 360 g/mol. The molecule has 0 saturated carbocycles. The zero-order chi connectivity index (χ0) is 19.7. The summed E-state index contributed by atoms with van der Waals surface area (Å²) >= 11 is 0. The number of non-ortho nitro benzene ring substituents is 1. The smallest absolute Gasteiger partial charge is 0.282 e. The number of nitro benzene ring substituents is 1. The summed E-state index contributed by atoms with van der Waals surface area (Å²) in [5, 5.41) is 12.2. The van der Waals surface area contributed by atoms with Gasteiger partial charge in [-0.3, -0.25) is 25.1 Å². The number of carbonyl (C=O) groups is 2. The molecule has 1 aliphatic rings. The van der Waals surface area contributed by atoms with E-state index in [-0.39, 0.29) is 11.3 Å². The quantitative estimate of drug-likeness (QED) is 0.329. The second-order valence-corrected chi connectivity index (χ2v) is 6.06. The van der Waals surface area contributed by atoms with Crippen molar-refractivity contribution < 1.29 is 14.5 Å². The number of rotatable bonds is 4. The van der Waals surface area contributed by atoms with E-state index in [9.17, 15) is 19.7 Å². The lowest BCUT2D eigenvalue weighted by atomic mass is 10.2. The van der Waals surface area contributed by atoms with Crippen molar-refractivity contribution in [3.63, 3.8) is 0 Å². The summed E-state index contributed by atoms with van der Waals surface area (Å²) < 4.78 is 1.67. The monoisotopic (exact) mass is 374 g/mol. The summed E-state index contributed by atoms with van der Waals surface area (Å²) in [5.74, 6) is -0.983. The average molecular weight is 374 g/mol. The molecule has 2 aromatic carbocycles. The van der Waals surface area contributed by atoms with Crippen LogP contribution in [0.1, 0.15) is 5.69 Å². The molecule has 1 aliphatic heterocycles. The Balaban J connectivity index is 1.70. The highest BCUT2D eigenvalue weighted by molar-refractivity contribution is 6.31. The number of anilines is 1. The largest absolute Gasteiger partial charge is 0.317 e. The van der Waals surface area contributed by atoms with Crippen molar-refractivity contribution in [1.82, 2.24) is 9.99 Å². The van der Waals surface area contributed by atoms with Crippen LogP contribution >= 0.6 is 0 Å². The van der Waals surface area contributed by atoms with Gasteiger partial charge in [-0.1, -0.05) is 24.3 Å². The van der Waals surface area contributed by atoms with Crippen LogP contribution in [0.15, 0.2) is 78.5 Å². The van der Waals surface area contributed by atoms with Crippen LogP contribution in [0.5, 0.6) is 0 Å². The van der Waals surface area contributed by atoms with Gasteiger partial charge in [0.2, 0.25) is 0 Å². The summed E-state index contributed by atoms with van der Waals surface area (Å²) in [4.78, 5) is 35.6. The Hall–Kier alpha value is -4.20. The van der Waals surface area contributed by atoms with Crippen LogP contribution in [0.4, 0.5) is 11.4 Å². The molecule has 1 aromatic heterocycles. The highest BCUT2D eigenvalue weighted by Gasteiger charge is 2.34. The topological polar surface area (TPSA) is 97.5 Å². The summed E-state index contributed by atoms with van der Waals surface area (Å²) in [5.41, 5.74) is 4.13. The molecule has 8 heteroatoms. The average Bonchev–Trinajstić information content (AvgIpc) is 3.29. The number of para-hydroxylation sites is 1. The Kier molecular flexibility index (Phi) is 4.21. The molecule has 1 saturated heterocycles. The first-order valence-electron chi connectivity index (χ1n) is 8.39. The van der Waals surface area contributed by atoms with Crippen molar-refractivity contribution in [3.8, 4) is 5.69 Å². The number of hydrogen-bond donors (Lipinski definition) is 1. The van der Waals surface area contributed by atoms with Gasteiger partial charge in [0.15, 0.2) is 0 Å². The molecule has 4 rings (SSSR count). The molecular formula is C20H14N4O4. The Morgan fingerprint density at radius 2 is 1.68 bits per heavy atom. The molecule has 0 atom stereocenters. The van der Waals surface area contributed by atoms with Crippen LogP contribution < -0.4 is 10.4 Å². The molecule has 28 heavy (non-hydrogen) atoms. The molecule has 0 radical (unpaired) electrons. The molecule has 2 amide bonds. The van der Waals surface area contributed by atoms with E-state index in [1.807, 2.05) is 6.07 Å². The molecule has 0 spiro atoms. The van der Waals surface area contributed by atoms with Crippen molar-refractivity contribution >= 4 is 29.3 Å². The summed E-state index contributed by atoms with van der Waals surface area (Å²) in [7, 11) is 0. The number of nitrogens with zero attached hydrogens (tertiary/aromatic N) is 3. The van der Waals surface area contributed by atoms with Crippen molar-refractivity contribution in [3.05, 3.63) is 94.3 Å². The highest BCUT2D eigenvalue weighted by atomic mass is 16.6. The fraction of sp³-hybridized carbons (Fsp3) is 0. The number of nitro groups is 1. The van der Waals surface area contributed by atoms with Gasteiger partial charge in [-0.05, 0) is 36.4 Å². The molecule has 2 heterocycles. The number of hydrazine groups is 1. The van der Waals surface area contributed by atoms with Gasteiger partial charge in [-0.15, -0.1) is 0 Å². The number of hydrogen-bond acceptors (Lipinski definition) is 4. The fourth-order valence-electron chi connectivity index (χ4n) is 2.97. The van der Waals surface area contributed by atoms with E-state index in [1.165, 1.54) is 23.2 Å². The lowest BCUT2D eigenvalue weighted by Crippen LogP contribution is -2.35. The van der Waals surface area contributed by atoms with E-state index in [4.69, 9.17) is 0 Å². The third kappa shape index (κ3) is 3.03. The molecule has 1 N–H and O–H groups in total. The van der Waals surface area contributed by atoms with Gasteiger partial charge >= 0.3 is 0 Å². The minimum Gasteiger partial charge on any atom is -0.317 e. The first kappa shape index (κ1) is 17.2. The van der Waals surface area contributed by atoms with Gasteiger partial charge in [0.25, 0.3) is 17.5 Å². The normalized spacial score (nSPS) is 15.1. The van der Waals surface area contributed by atoms with Crippen LogP contribution in [0.2, 0.25) is 0 Å². The lowest BCUT2D eigenvalue weighted by molar-refractivity contribution is -0.384. The zero-order valence-corrected chi connectivity index (χ0v) is 14.5. The van der Waals surface area contributed by atoms with Crippen LogP contribution in [0, 0.1) is 10.1 Å². The molecule has 138 valence electrons. The number of benzene rings is 2. The van der Waals surface area contributed by atoms with Crippen molar-refractivity contribution in [2.24, 2.45) is 0 Å². The molecule has 8 nitrogen and oxygen atoms in total. The van der Waals surface area contributed by atoms with Gasteiger partial charge < -0.3 is 4.57 Å². The van der Waals surface area contributed by atoms with Crippen LogP contribution in [-0.4, -0.2) is 21.3 Å². The molecule has 0 unspecified atom stereocenters. The number of carbonyl (C=O) groups excluding carboxylic acids is 2. The van der Waals surface area contributed by atoms with Crippen molar-refractivity contribution in [1.29, 1.82) is 0 Å². The van der Waals surface area contributed by atoms with E-state index < -0.39 is 16.7 Å². The highest BCUT2D eigenvalue weighted by Crippen LogP contribution is 2.23. The summed E-state index contributed by atoms with van der Waals surface area (Å²) in [6.45, 7) is 0. The van der Waals surface area contributed by atoms with E-state index in [2.05, 4.69) is 5.43 Å². The molecule has 0 bridgehead atoms. The summed E-state index contributed by atoms with van der Waals surface area (Å²) in [6, 6.07) is 18.3. The number of nitrogens with one attached hydrogen (secondary N) is 1. The first-order chi connectivity index (χ1) is 13.5. The van der Waals surface area contributed by atoms with Crippen molar-refractivity contribution in [2.75, 3.05) is 5.01 Å². The Bertz CT molecular complexity index is 1120. The van der Waals surface area contributed by atoms with E-state index >= 15 is 0 Å². The third-order valence-electron chi connectivity index (χ3n) is 4.30. The maximum absolute atomic E-state index is 12.7. The lowest BCUT2D eigenvalue weighted by Gasteiger charge is -2.13. The Morgan fingerprint density at radius 1 is 0.929 bits per heavy atom. The summed E-state index contributed by atoms with van der Waals surface area (Å²) in [6.07, 6.45) is 3.18. The third-order valence-corrected chi connectivity index (χ3v) is 4.30. The van der Waals surface area contributed by atoms with Gasteiger partial charge in [-0.2, -0.15) is 0 Å². The predicted molar refractivity (Wildman–Crippen MR) is 102 cm³/mol. The zero-order valence-electron chi connectivity index (χ0n) is 14.5. The van der Waals surface area contributed by atoms with Gasteiger partial charge in [0.05, 0.1) is 16.3 Å². The maximum atomic E-state index is 12.7. The second kappa shape index (κ2) is 6.84. The van der Waals surface area contributed by atoms with Crippen molar-refractivity contribution in [2.45, 2.75) is 0 Å². The minimum atomic E-state index is -0.513. The Labute approximate surface area is 159 Å². The molecule has 0 aliphatic carbocycles. The maximum Gasteiger partial charge on any atom is 0.282 e. The fourth-order valence-corrected chi connectivity index (χ4v) is 2.97. The van der Waals surface area contributed by atoms with Crippen LogP contribution in [0.3, 0.4) is 0 Å². The SMILES string of the molecule is O=C1NN(c2ccccc2)C(=O)/C1=C\c1cccn1-c1cccc([N+](=O)[O-])c1. The van der Waals surface area contributed by atoms with Gasteiger partial charge in [0, 0.05) is 24.0 Å². The van der Waals surface area contributed by atoms with E-state index in [1.54, 1.807) is 59.3 Å². The number of aromatic nitrogens is 1. The van der Waals surface area contributed by atoms with E-state index in [0.717, 1.165) is 0 Å². The van der Waals surface area contributed by atoms with Crippen LogP contribution in [0.25, 0.3) is 11.8 Å². The predicted octanol–water partition coefficient (Wildman–Crippen LogP) is 2.85. The number of amides is 2. The molecule has 1 fully saturated rings. The molecule has 3 aromatic rings. The standard InChI is InChI=1S/C20H14N4O4/c25-19-18(20(26)23(21-19)14-6-2-1-3-7-14)13-16-10-5-11-22(16)15-8-4-9-17(12-15)24(27)28/h1-13H,(H,21,25)/b18-13-. The van der Waals surface area contributed by atoms with E-state index in [0.29, 0.717) is 17.1 Å². The first-order valence-corrected chi connectivity index (χ1v) is 8.39. The Morgan fingerprint density at radius 3 is 2.43 bits per heavy atom.